The highest BCUT2D eigenvalue weighted by Crippen LogP contribution is 2.20. The maximum absolute atomic E-state index is 11.6. The van der Waals surface area contributed by atoms with Gasteiger partial charge in [0.2, 0.25) is 0 Å². The van der Waals surface area contributed by atoms with Gasteiger partial charge in [0.05, 0.1) is 6.26 Å². The van der Waals surface area contributed by atoms with Crippen LogP contribution in [0.4, 0.5) is 0 Å². The average Bonchev–Trinajstić information content (AvgIpc) is 2.77. The molecular weight excluding hydrogens is 206 g/mol. The van der Waals surface area contributed by atoms with E-state index in [0.29, 0.717) is 12.3 Å². The zero-order chi connectivity index (χ0) is 12.0. The van der Waals surface area contributed by atoms with Crippen molar-refractivity contribution >= 4 is 5.91 Å². The van der Waals surface area contributed by atoms with E-state index < -0.39 is 0 Å². The Morgan fingerprint density at radius 3 is 2.88 bits per heavy atom. The normalized spacial score (nSPS) is 11.4. The molecule has 90 valence electrons. The molecule has 0 saturated carbocycles. The van der Waals surface area contributed by atoms with E-state index >= 15 is 0 Å². The third-order valence-electron chi connectivity index (χ3n) is 2.48. The van der Waals surface area contributed by atoms with E-state index in [1.165, 1.54) is 6.26 Å². The van der Waals surface area contributed by atoms with Gasteiger partial charge in [-0.15, -0.1) is 0 Å². The van der Waals surface area contributed by atoms with Crippen LogP contribution in [0.15, 0.2) is 22.8 Å². The van der Waals surface area contributed by atoms with Gasteiger partial charge in [-0.05, 0) is 30.4 Å². The van der Waals surface area contributed by atoms with Gasteiger partial charge in [0.15, 0.2) is 5.76 Å². The van der Waals surface area contributed by atoms with Gasteiger partial charge >= 0.3 is 0 Å². The Kier molecular flexibility index (Phi) is 4.55. The Morgan fingerprint density at radius 1 is 1.56 bits per heavy atom. The van der Waals surface area contributed by atoms with Gasteiger partial charge in [-0.2, -0.15) is 0 Å². The van der Waals surface area contributed by atoms with Crippen LogP contribution >= 0.6 is 0 Å². The largest absolute Gasteiger partial charge is 0.459 e. The maximum Gasteiger partial charge on any atom is 0.286 e. The molecule has 0 unspecified atom stereocenters. The van der Waals surface area contributed by atoms with E-state index in [9.17, 15) is 4.79 Å². The lowest BCUT2D eigenvalue weighted by Gasteiger charge is -2.24. The summed E-state index contributed by atoms with van der Waals surface area (Å²) < 4.78 is 4.99. The van der Waals surface area contributed by atoms with Crippen LogP contribution in [0.1, 0.15) is 37.2 Å². The highest BCUT2D eigenvalue weighted by molar-refractivity contribution is 5.91. The second-order valence-corrected chi connectivity index (χ2v) is 4.65. The van der Waals surface area contributed by atoms with E-state index in [1.54, 1.807) is 12.1 Å². The molecule has 0 saturated heterocycles. The van der Waals surface area contributed by atoms with Gasteiger partial charge in [0.25, 0.3) is 5.91 Å². The number of rotatable bonds is 6. The molecule has 0 spiro atoms. The molecule has 1 amide bonds. The minimum Gasteiger partial charge on any atom is -0.459 e. The van der Waals surface area contributed by atoms with E-state index in [-0.39, 0.29) is 17.9 Å². The Balaban J connectivity index is 2.36. The molecule has 1 rings (SSSR count). The summed E-state index contributed by atoms with van der Waals surface area (Å²) in [4.78, 5) is 11.6. The lowest BCUT2D eigenvalue weighted by molar-refractivity contribution is 0.0905. The second kappa shape index (κ2) is 5.70. The molecule has 0 fully saturated rings. The summed E-state index contributed by atoms with van der Waals surface area (Å²) in [6.45, 7) is 4.89. The number of furan rings is 1. The topological polar surface area (TPSA) is 62.5 Å². The summed E-state index contributed by atoms with van der Waals surface area (Å²) in [5.41, 5.74) is -0.00895. The number of hydrogen-bond acceptors (Lipinski definition) is 3. The van der Waals surface area contributed by atoms with Crippen LogP contribution in [0.2, 0.25) is 0 Å². The number of nitrogens with one attached hydrogen (secondary N) is 1. The third kappa shape index (κ3) is 4.06. The Hall–Kier alpha value is -1.29. The quantitative estimate of drug-likeness (QED) is 0.776. The Labute approximate surface area is 95.7 Å². The van der Waals surface area contributed by atoms with Crippen molar-refractivity contribution in [3.05, 3.63) is 24.2 Å². The molecule has 0 radical (unpaired) electrons. The van der Waals surface area contributed by atoms with E-state index in [2.05, 4.69) is 19.2 Å². The average molecular weight is 225 g/mol. The van der Waals surface area contributed by atoms with Gasteiger partial charge in [-0.1, -0.05) is 13.8 Å². The molecular formula is C12H19NO3. The molecule has 0 aliphatic rings. The van der Waals surface area contributed by atoms with E-state index in [1.807, 2.05) is 0 Å². The van der Waals surface area contributed by atoms with Gasteiger partial charge < -0.3 is 14.8 Å². The summed E-state index contributed by atoms with van der Waals surface area (Å²) >= 11 is 0. The first kappa shape index (κ1) is 12.8. The molecule has 1 aromatic rings. The van der Waals surface area contributed by atoms with Crippen molar-refractivity contribution in [1.82, 2.24) is 5.32 Å². The number of amides is 1. The van der Waals surface area contributed by atoms with Crippen molar-refractivity contribution in [3.8, 4) is 0 Å². The first-order valence-corrected chi connectivity index (χ1v) is 5.48. The molecule has 16 heavy (non-hydrogen) atoms. The zero-order valence-electron chi connectivity index (χ0n) is 9.82. The Morgan fingerprint density at radius 2 is 2.31 bits per heavy atom. The van der Waals surface area contributed by atoms with Crippen LogP contribution in [0, 0.1) is 5.41 Å². The SMILES string of the molecule is CC(C)(CCCO)CNC(=O)c1ccco1. The summed E-state index contributed by atoms with van der Waals surface area (Å²) in [5.74, 6) is 0.139. The number of carbonyl (C=O) groups excluding carboxylic acids is 1. The van der Waals surface area contributed by atoms with Gasteiger partial charge in [0, 0.05) is 13.2 Å². The van der Waals surface area contributed by atoms with Gasteiger partial charge in [-0.25, -0.2) is 0 Å². The number of carbonyl (C=O) groups is 1. The molecule has 2 N–H and O–H groups in total. The third-order valence-corrected chi connectivity index (χ3v) is 2.48. The minimum atomic E-state index is -0.193. The standard InChI is InChI=1S/C12H19NO3/c1-12(2,6-4-7-14)9-13-11(15)10-5-3-8-16-10/h3,5,8,14H,4,6-7,9H2,1-2H3,(H,13,15). The number of hydrogen-bond donors (Lipinski definition) is 2. The summed E-state index contributed by atoms with van der Waals surface area (Å²) in [6.07, 6.45) is 3.11. The van der Waals surface area contributed by atoms with Crippen LogP contribution < -0.4 is 5.32 Å². The van der Waals surface area contributed by atoms with Crippen molar-refractivity contribution in [2.45, 2.75) is 26.7 Å². The first-order valence-electron chi connectivity index (χ1n) is 5.48. The monoisotopic (exact) mass is 225 g/mol. The molecule has 0 aliphatic carbocycles. The van der Waals surface area contributed by atoms with E-state index in [4.69, 9.17) is 9.52 Å². The zero-order valence-corrected chi connectivity index (χ0v) is 9.82. The highest BCUT2D eigenvalue weighted by atomic mass is 16.3. The van der Waals surface area contributed by atoms with Crippen LogP contribution in [-0.2, 0) is 0 Å². The van der Waals surface area contributed by atoms with Gasteiger partial charge in [0.1, 0.15) is 0 Å². The Bertz CT molecular complexity index is 317. The van der Waals surface area contributed by atoms with E-state index in [0.717, 1.165) is 12.8 Å². The van der Waals surface area contributed by atoms with Crippen LogP contribution in [-0.4, -0.2) is 24.2 Å². The van der Waals surface area contributed by atoms with Crippen molar-refractivity contribution in [2.75, 3.05) is 13.2 Å². The highest BCUT2D eigenvalue weighted by Gasteiger charge is 2.19. The molecule has 0 aliphatic heterocycles. The van der Waals surface area contributed by atoms with Crippen LogP contribution in [0.25, 0.3) is 0 Å². The fourth-order valence-electron chi connectivity index (χ4n) is 1.46. The number of aliphatic hydroxyl groups excluding tert-OH is 1. The van der Waals surface area contributed by atoms with Crippen LogP contribution in [0.5, 0.6) is 0 Å². The predicted molar refractivity (Wildman–Crippen MR) is 61.1 cm³/mol. The second-order valence-electron chi connectivity index (χ2n) is 4.65. The van der Waals surface area contributed by atoms with Crippen molar-refractivity contribution < 1.29 is 14.3 Å². The molecule has 4 heteroatoms. The number of aliphatic hydroxyl groups is 1. The fraction of sp³-hybridized carbons (Fsp3) is 0.583. The van der Waals surface area contributed by atoms with Crippen LogP contribution in [0.3, 0.4) is 0 Å². The minimum absolute atomic E-state index is 0.00895. The maximum atomic E-state index is 11.6. The summed E-state index contributed by atoms with van der Waals surface area (Å²) in [7, 11) is 0. The lowest BCUT2D eigenvalue weighted by atomic mass is 9.88. The van der Waals surface area contributed by atoms with Crippen molar-refractivity contribution in [3.63, 3.8) is 0 Å². The smallest absolute Gasteiger partial charge is 0.286 e. The predicted octanol–water partition coefficient (Wildman–Crippen LogP) is 1.81. The summed E-state index contributed by atoms with van der Waals surface area (Å²) in [6, 6.07) is 3.32. The first-order chi connectivity index (χ1) is 7.55. The molecule has 1 aromatic heterocycles. The molecule has 0 bridgehead atoms. The van der Waals surface area contributed by atoms with Crippen molar-refractivity contribution in [1.29, 1.82) is 0 Å². The molecule has 1 heterocycles. The summed E-state index contributed by atoms with van der Waals surface area (Å²) in [5, 5.41) is 11.6. The molecule has 0 atom stereocenters. The lowest BCUT2D eigenvalue weighted by Crippen LogP contribution is -2.33. The van der Waals surface area contributed by atoms with Gasteiger partial charge in [-0.3, -0.25) is 4.79 Å². The van der Waals surface area contributed by atoms with Crippen molar-refractivity contribution in [2.24, 2.45) is 5.41 Å². The molecule has 0 aromatic carbocycles. The fourth-order valence-corrected chi connectivity index (χ4v) is 1.46. The molecule has 4 nitrogen and oxygen atoms in total.